The van der Waals surface area contributed by atoms with Crippen LogP contribution in [0, 0.1) is 13.8 Å². The third kappa shape index (κ3) is 4.14. The summed E-state index contributed by atoms with van der Waals surface area (Å²) in [5.74, 6) is 0.848. The van der Waals surface area contributed by atoms with Gasteiger partial charge in [0, 0.05) is 5.75 Å². The molecule has 0 aliphatic heterocycles. The molecule has 2 N–H and O–H groups in total. The monoisotopic (exact) mass is 270 g/mol. The first-order chi connectivity index (χ1) is 9.15. The van der Waals surface area contributed by atoms with Crippen LogP contribution in [-0.2, 0) is 5.75 Å². The molecule has 19 heavy (non-hydrogen) atoms. The molecule has 98 valence electrons. The lowest BCUT2D eigenvalue weighted by atomic mass is 10.1. The van der Waals surface area contributed by atoms with Gasteiger partial charge in [0.2, 0.25) is 0 Å². The Kier molecular flexibility index (Phi) is 4.63. The van der Waals surface area contributed by atoms with Crippen molar-refractivity contribution in [1.29, 1.82) is 0 Å². The first-order valence-corrected chi connectivity index (χ1v) is 7.22. The third-order valence-electron chi connectivity index (χ3n) is 2.82. The Bertz CT molecular complexity index is 577. The van der Waals surface area contributed by atoms with Crippen LogP contribution in [0.4, 0.5) is 5.69 Å². The van der Waals surface area contributed by atoms with Crippen molar-refractivity contribution in [1.82, 2.24) is 0 Å². The first kappa shape index (κ1) is 13.7. The van der Waals surface area contributed by atoms with Gasteiger partial charge in [0.25, 0.3) is 0 Å². The van der Waals surface area contributed by atoms with E-state index in [2.05, 4.69) is 42.2 Å². The summed E-state index contributed by atoms with van der Waals surface area (Å²) in [5.41, 5.74) is 10.5. The van der Waals surface area contributed by atoms with E-state index in [4.69, 9.17) is 5.73 Å². The van der Waals surface area contributed by atoms with Crippen LogP contribution in [0.2, 0.25) is 0 Å². The van der Waals surface area contributed by atoms with Gasteiger partial charge in [-0.05, 0) is 36.6 Å². The second kappa shape index (κ2) is 6.43. The number of hydrogen-bond donors (Lipinski definition) is 1. The van der Waals surface area contributed by atoms with E-state index in [1.807, 2.05) is 25.1 Å². The van der Waals surface area contributed by atoms with Crippen LogP contribution < -0.4 is 5.73 Å². The average Bonchev–Trinajstić information content (AvgIpc) is 2.42. The summed E-state index contributed by atoms with van der Waals surface area (Å²) in [6, 6.07) is 16.5. The zero-order valence-electron chi connectivity index (χ0n) is 11.3. The van der Waals surface area contributed by atoms with Crippen molar-refractivity contribution in [2.45, 2.75) is 19.6 Å². The summed E-state index contributed by atoms with van der Waals surface area (Å²) in [4.78, 5) is 4.49. The van der Waals surface area contributed by atoms with Crippen LogP contribution >= 0.6 is 11.8 Å². The Morgan fingerprint density at radius 2 is 1.84 bits per heavy atom. The van der Waals surface area contributed by atoms with Crippen LogP contribution in [0.15, 0.2) is 53.5 Å². The lowest BCUT2D eigenvalue weighted by Crippen LogP contribution is -2.06. The van der Waals surface area contributed by atoms with Crippen LogP contribution in [0.25, 0.3) is 0 Å². The molecule has 0 heterocycles. The minimum atomic E-state index is 0.609. The van der Waals surface area contributed by atoms with Gasteiger partial charge in [-0.25, -0.2) is 4.99 Å². The molecular weight excluding hydrogens is 252 g/mol. The highest BCUT2D eigenvalue weighted by Crippen LogP contribution is 2.22. The molecule has 2 aromatic carbocycles. The Hall–Kier alpha value is -1.74. The maximum atomic E-state index is 5.99. The number of amidine groups is 1. The van der Waals surface area contributed by atoms with E-state index in [1.54, 1.807) is 11.8 Å². The second-order valence-corrected chi connectivity index (χ2v) is 5.51. The van der Waals surface area contributed by atoms with Crippen molar-refractivity contribution in [3.05, 3.63) is 65.2 Å². The maximum Gasteiger partial charge on any atom is 0.159 e. The Morgan fingerprint density at radius 3 is 2.58 bits per heavy atom. The molecule has 0 aromatic heterocycles. The van der Waals surface area contributed by atoms with E-state index in [1.165, 1.54) is 11.1 Å². The number of nitrogens with two attached hydrogens (primary N) is 1. The molecule has 0 saturated heterocycles. The van der Waals surface area contributed by atoms with Gasteiger partial charge in [0.15, 0.2) is 5.17 Å². The summed E-state index contributed by atoms with van der Waals surface area (Å²) < 4.78 is 0. The van der Waals surface area contributed by atoms with Crippen LogP contribution in [0.1, 0.15) is 16.7 Å². The van der Waals surface area contributed by atoms with Crippen molar-refractivity contribution < 1.29 is 0 Å². The number of nitrogens with zero attached hydrogens (tertiary/aromatic N) is 1. The maximum absolute atomic E-state index is 5.99. The van der Waals surface area contributed by atoms with Crippen molar-refractivity contribution in [3.63, 3.8) is 0 Å². The van der Waals surface area contributed by atoms with Crippen LogP contribution in [0.3, 0.4) is 0 Å². The first-order valence-electron chi connectivity index (χ1n) is 6.23. The van der Waals surface area contributed by atoms with Crippen molar-refractivity contribution in [2.24, 2.45) is 10.7 Å². The lowest BCUT2D eigenvalue weighted by molar-refractivity contribution is 1.35. The zero-order chi connectivity index (χ0) is 13.7. The smallest absolute Gasteiger partial charge is 0.159 e. The molecule has 0 bridgehead atoms. The number of aliphatic imine (C=N–C) groups is 1. The van der Waals surface area contributed by atoms with E-state index in [0.29, 0.717) is 5.17 Å². The minimum absolute atomic E-state index is 0.609. The van der Waals surface area contributed by atoms with Gasteiger partial charge in [0.1, 0.15) is 0 Å². The minimum Gasteiger partial charge on any atom is -0.378 e. The van der Waals surface area contributed by atoms with E-state index in [9.17, 15) is 0 Å². The molecule has 0 amide bonds. The molecule has 2 nitrogen and oxygen atoms in total. The molecule has 2 aromatic rings. The van der Waals surface area contributed by atoms with E-state index >= 15 is 0 Å². The van der Waals surface area contributed by atoms with Crippen LogP contribution in [0.5, 0.6) is 0 Å². The number of hydrogen-bond acceptors (Lipinski definition) is 2. The largest absolute Gasteiger partial charge is 0.378 e. The highest BCUT2D eigenvalue weighted by atomic mass is 32.2. The molecule has 0 fully saturated rings. The third-order valence-corrected chi connectivity index (χ3v) is 3.69. The van der Waals surface area contributed by atoms with Crippen molar-refractivity contribution in [3.8, 4) is 0 Å². The van der Waals surface area contributed by atoms with Gasteiger partial charge in [-0.1, -0.05) is 54.2 Å². The van der Waals surface area contributed by atoms with Gasteiger partial charge in [-0.15, -0.1) is 0 Å². The van der Waals surface area contributed by atoms with E-state index in [-0.39, 0.29) is 0 Å². The number of rotatable bonds is 3. The SMILES string of the molecule is Cc1ccc(C)c(N=C(N)SCc2ccccc2)c1. The predicted octanol–water partition coefficient (Wildman–Crippen LogP) is 4.18. The highest BCUT2D eigenvalue weighted by Gasteiger charge is 2.00. The van der Waals surface area contributed by atoms with Gasteiger partial charge in [-0.3, -0.25) is 0 Å². The fraction of sp³-hybridized carbons (Fsp3) is 0.188. The lowest BCUT2D eigenvalue weighted by Gasteiger charge is -2.04. The molecule has 0 aliphatic carbocycles. The number of thioether (sulfide) groups is 1. The predicted molar refractivity (Wildman–Crippen MR) is 84.9 cm³/mol. The van der Waals surface area contributed by atoms with Crippen molar-refractivity contribution in [2.75, 3.05) is 0 Å². The standard InChI is InChI=1S/C16H18N2S/c1-12-8-9-13(2)15(10-12)18-16(17)19-11-14-6-4-3-5-7-14/h3-10H,11H2,1-2H3,(H2,17,18). The van der Waals surface area contributed by atoms with Crippen LogP contribution in [-0.4, -0.2) is 5.17 Å². The molecule has 0 aliphatic rings. The molecule has 0 atom stereocenters. The summed E-state index contributed by atoms with van der Waals surface area (Å²) in [6.45, 7) is 4.11. The number of benzene rings is 2. The molecule has 0 saturated carbocycles. The molecule has 3 heteroatoms. The van der Waals surface area contributed by atoms with Gasteiger partial charge in [0.05, 0.1) is 5.69 Å². The Labute approximate surface area is 118 Å². The summed E-state index contributed by atoms with van der Waals surface area (Å²) >= 11 is 1.57. The van der Waals surface area contributed by atoms with Gasteiger partial charge >= 0.3 is 0 Å². The normalized spacial score (nSPS) is 11.6. The van der Waals surface area contributed by atoms with E-state index in [0.717, 1.165) is 17.0 Å². The summed E-state index contributed by atoms with van der Waals surface area (Å²) in [5, 5.41) is 0.609. The Morgan fingerprint density at radius 1 is 1.11 bits per heavy atom. The topological polar surface area (TPSA) is 38.4 Å². The molecule has 2 rings (SSSR count). The quantitative estimate of drug-likeness (QED) is 0.671. The fourth-order valence-corrected chi connectivity index (χ4v) is 2.39. The Balaban J connectivity index is 2.05. The molecule has 0 unspecified atom stereocenters. The number of aryl methyl sites for hydroxylation is 2. The molecule has 0 spiro atoms. The summed E-state index contributed by atoms with van der Waals surface area (Å²) in [6.07, 6.45) is 0. The second-order valence-electron chi connectivity index (χ2n) is 4.51. The van der Waals surface area contributed by atoms with E-state index < -0.39 is 0 Å². The van der Waals surface area contributed by atoms with Crippen molar-refractivity contribution >= 4 is 22.6 Å². The fourth-order valence-electron chi connectivity index (χ4n) is 1.72. The van der Waals surface area contributed by atoms with Gasteiger partial charge in [-0.2, -0.15) is 0 Å². The molecular formula is C16H18N2S. The molecule has 0 radical (unpaired) electrons. The summed E-state index contributed by atoms with van der Waals surface area (Å²) in [7, 11) is 0. The average molecular weight is 270 g/mol. The van der Waals surface area contributed by atoms with Gasteiger partial charge < -0.3 is 5.73 Å². The highest BCUT2D eigenvalue weighted by molar-refractivity contribution is 8.13. The zero-order valence-corrected chi connectivity index (χ0v) is 12.1.